The minimum Gasteiger partial charge on any atom is -0.392 e. The minimum atomic E-state index is -0.361. The second-order valence-corrected chi connectivity index (χ2v) is 8.38. The molecule has 148 valence electrons. The molecule has 28 heavy (non-hydrogen) atoms. The number of aryl methyl sites for hydroxylation is 1. The number of aliphatic hydroxyl groups excluding tert-OH is 1. The molecular weight excluding hydrogens is 350 g/mol. The summed E-state index contributed by atoms with van der Waals surface area (Å²) in [5.41, 5.74) is 3.13. The van der Waals surface area contributed by atoms with Crippen molar-refractivity contribution >= 4 is 11.6 Å². The first-order valence-electron chi connectivity index (χ1n) is 10.2. The third kappa shape index (κ3) is 3.90. The van der Waals surface area contributed by atoms with Crippen molar-refractivity contribution in [2.24, 2.45) is 5.41 Å². The number of hydrogen-bond donors (Lipinski definition) is 1. The van der Waals surface area contributed by atoms with Crippen LogP contribution in [-0.2, 0) is 11.2 Å². The standard InChI is InChI=1S/C23H29N3O2/c1-18-4-2-5-19(14-18)15-22(28)26-12-3-9-23(17-26)16-25(13-8-21(23)27)20-6-10-24-11-7-20/h2,4-7,10-11,14,21,27H,3,8-9,12-13,15-17H2,1H3/t21-,23-/m1/s1. The number of carbonyl (C=O) groups is 1. The van der Waals surface area contributed by atoms with Crippen LogP contribution in [0.5, 0.6) is 0 Å². The van der Waals surface area contributed by atoms with E-state index in [1.807, 2.05) is 41.6 Å². The summed E-state index contributed by atoms with van der Waals surface area (Å²) >= 11 is 0. The Morgan fingerprint density at radius 1 is 1.21 bits per heavy atom. The second-order valence-electron chi connectivity index (χ2n) is 8.38. The molecule has 2 atom stereocenters. The van der Waals surface area contributed by atoms with Gasteiger partial charge >= 0.3 is 0 Å². The van der Waals surface area contributed by atoms with Gasteiger partial charge in [0.05, 0.1) is 12.5 Å². The van der Waals surface area contributed by atoms with Gasteiger partial charge < -0.3 is 14.9 Å². The summed E-state index contributed by atoms with van der Waals surface area (Å²) in [6.45, 7) is 5.10. The fourth-order valence-corrected chi connectivity index (χ4v) is 4.81. The van der Waals surface area contributed by atoms with E-state index in [0.29, 0.717) is 13.0 Å². The number of carbonyl (C=O) groups excluding carboxylic acids is 1. The Labute approximate surface area is 167 Å². The maximum absolute atomic E-state index is 13.0. The summed E-state index contributed by atoms with van der Waals surface area (Å²) < 4.78 is 0. The van der Waals surface area contributed by atoms with E-state index >= 15 is 0 Å². The highest BCUT2D eigenvalue weighted by Crippen LogP contribution is 2.40. The van der Waals surface area contributed by atoms with Crippen LogP contribution in [0.15, 0.2) is 48.8 Å². The van der Waals surface area contributed by atoms with Gasteiger partial charge in [0.15, 0.2) is 0 Å². The van der Waals surface area contributed by atoms with Crippen molar-refractivity contribution in [1.82, 2.24) is 9.88 Å². The number of likely N-dealkylation sites (tertiary alicyclic amines) is 1. The Balaban J connectivity index is 1.48. The molecule has 1 spiro atoms. The van der Waals surface area contributed by atoms with Gasteiger partial charge in [0.2, 0.25) is 5.91 Å². The van der Waals surface area contributed by atoms with Crippen molar-refractivity contribution in [3.63, 3.8) is 0 Å². The van der Waals surface area contributed by atoms with Crippen LogP contribution in [-0.4, -0.2) is 53.2 Å². The van der Waals surface area contributed by atoms with Gasteiger partial charge in [-0.25, -0.2) is 0 Å². The monoisotopic (exact) mass is 379 g/mol. The molecule has 1 aromatic carbocycles. The van der Waals surface area contributed by atoms with E-state index in [2.05, 4.69) is 28.9 Å². The van der Waals surface area contributed by atoms with Crippen LogP contribution in [0.3, 0.4) is 0 Å². The minimum absolute atomic E-state index is 0.165. The first kappa shape index (κ1) is 18.9. The number of aliphatic hydroxyl groups is 1. The highest BCUT2D eigenvalue weighted by Gasteiger charge is 2.46. The van der Waals surface area contributed by atoms with E-state index in [0.717, 1.165) is 50.1 Å². The lowest BCUT2D eigenvalue weighted by molar-refractivity contribution is -0.137. The largest absolute Gasteiger partial charge is 0.392 e. The summed E-state index contributed by atoms with van der Waals surface area (Å²) in [5, 5.41) is 10.9. The number of piperidine rings is 2. The average Bonchev–Trinajstić information content (AvgIpc) is 2.71. The molecule has 1 N–H and O–H groups in total. The Morgan fingerprint density at radius 3 is 2.82 bits per heavy atom. The predicted octanol–water partition coefficient (Wildman–Crippen LogP) is 2.81. The molecule has 3 heterocycles. The van der Waals surface area contributed by atoms with Crippen molar-refractivity contribution in [2.45, 2.75) is 38.7 Å². The van der Waals surface area contributed by atoms with E-state index in [9.17, 15) is 9.90 Å². The molecule has 2 aliphatic rings. The highest BCUT2D eigenvalue weighted by atomic mass is 16.3. The number of benzene rings is 1. The van der Waals surface area contributed by atoms with Gasteiger partial charge in [-0.05, 0) is 43.9 Å². The van der Waals surface area contributed by atoms with Crippen LogP contribution in [0.25, 0.3) is 0 Å². The maximum Gasteiger partial charge on any atom is 0.227 e. The van der Waals surface area contributed by atoms with Crippen molar-refractivity contribution in [1.29, 1.82) is 0 Å². The lowest BCUT2D eigenvalue weighted by Crippen LogP contribution is -2.60. The zero-order valence-electron chi connectivity index (χ0n) is 16.6. The van der Waals surface area contributed by atoms with Crippen molar-refractivity contribution in [3.05, 3.63) is 59.9 Å². The first-order chi connectivity index (χ1) is 13.6. The van der Waals surface area contributed by atoms with Crippen LogP contribution < -0.4 is 4.90 Å². The Kier molecular flexibility index (Phi) is 5.36. The van der Waals surface area contributed by atoms with Gasteiger partial charge in [0, 0.05) is 49.7 Å². The number of anilines is 1. The zero-order chi connectivity index (χ0) is 19.6. The van der Waals surface area contributed by atoms with Crippen LogP contribution in [0, 0.1) is 12.3 Å². The molecule has 2 aliphatic heterocycles. The van der Waals surface area contributed by atoms with E-state index < -0.39 is 0 Å². The molecular formula is C23H29N3O2. The second kappa shape index (κ2) is 7.92. The fourth-order valence-electron chi connectivity index (χ4n) is 4.81. The van der Waals surface area contributed by atoms with Gasteiger partial charge in [-0.15, -0.1) is 0 Å². The molecule has 5 nitrogen and oxygen atoms in total. The van der Waals surface area contributed by atoms with Crippen molar-refractivity contribution in [2.75, 3.05) is 31.1 Å². The summed E-state index contributed by atoms with van der Waals surface area (Å²) in [6.07, 6.45) is 6.34. The fraction of sp³-hybridized carbons (Fsp3) is 0.478. The number of hydrogen-bond acceptors (Lipinski definition) is 4. The number of nitrogens with zero attached hydrogens (tertiary/aromatic N) is 3. The lowest BCUT2D eigenvalue weighted by Gasteiger charge is -2.51. The molecule has 0 radical (unpaired) electrons. The lowest BCUT2D eigenvalue weighted by atomic mass is 9.71. The Hall–Kier alpha value is -2.40. The number of amides is 1. The third-order valence-electron chi connectivity index (χ3n) is 6.31. The quantitative estimate of drug-likeness (QED) is 0.891. The molecule has 5 heteroatoms. The summed E-state index contributed by atoms with van der Waals surface area (Å²) in [4.78, 5) is 21.4. The molecule has 2 saturated heterocycles. The molecule has 0 aliphatic carbocycles. The Morgan fingerprint density at radius 2 is 2.04 bits per heavy atom. The highest BCUT2D eigenvalue weighted by molar-refractivity contribution is 5.79. The van der Waals surface area contributed by atoms with E-state index in [1.54, 1.807) is 0 Å². The molecule has 2 aromatic rings. The van der Waals surface area contributed by atoms with Crippen molar-refractivity contribution < 1.29 is 9.90 Å². The number of aromatic nitrogens is 1. The SMILES string of the molecule is Cc1cccc(CC(=O)N2CCC[C@]3(C2)CN(c2ccncc2)CC[C@H]3O)c1. The van der Waals surface area contributed by atoms with Crippen molar-refractivity contribution in [3.8, 4) is 0 Å². The van der Waals surface area contributed by atoms with Crippen LogP contribution in [0.4, 0.5) is 5.69 Å². The summed E-state index contributed by atoms with van der Waals surface area (Å²) in [5.74, 6) is 0.165. The third-order valence-corrected chi connectivity index (χ3v) is 6.31. The topological polar surface area (TPSA) is 56.7 Å². The molecule has 2 fully saturated rings. The van der Waals surface area contributed by atoms with Gasteiger partial charge in [0.25, 0.3) is 0 Å². The van der Waals surface area contributed by atoms with Gasteiger partial charge in [0.1, 0.15) is 0 Å². The molecule has 4 rings (SSSR count). The maximum atomic E-state index is 13.0. The summed E-state index contributed by atoms with van der Waals surface area (Å²) in [7, 11) is 0. The smallest absolute Gasteiger partial charge is 0.227 e. The van der Waals surface area contributed by atoms with E-state index in [4.69, 9.17) is 0 Å². The molecule has 0 saturated carbocycles. The predicted molar refractivity (Wildman–Crippen MR) is 110 cm³/mol. The zero-order valence-corrected chi connectivity index (χ0v) is 16.6. The first-order valence-corrected chi connectivity index (χ1v) is 10.2. The molecule has 1 aromatic heterocycles. The molecule has 0 bridgehead atoms. The van der Waals surface area contributed by atoms with E-state index in [1.165, 1.54) is 5.56 Å². The van der Waals surface area contributed by atoms with Crippen LogP contribution >= 0.6 is 0 Å². The summed E-state index contributed by atoms with van der Waals surface area (Å²) in [6, 6.07) is 12.2. The van der Waals surface area contributed by atoms with Gasteiger partial charge in [-0.2, -0.15) is 0 Å². The van der Waals surface area contributed by atoms with Crippen LogP contribution in [0.1, 0.15) is 30.4 Å². The van der Waals surface area contributed by atoms with Gasteiger partial charge in [-0.1, -0.05) is 29.8 Å². The average molecular weight is 380 g/mol. The number of rotatable bonds is 3. The van der Waals surface area contributed by atoms with Gasteiger partial charge in [-0.3, -0.25) is 9.78 Å². The molecule has 0 unspecified atom stereocenters. The number of pyridine rings is 1. The normalized spacial score (nSPS) is 25.1. The van der Waals surface area contributed by atoms with Crippen LogP contribution in [0.2, 0.25) is 0 Å². The van der Waals surface area contributed by atoms with E-state index in [-0.39, 0.29) is 17.4 Å². The Bertz CT molecular complexity index is 826. The molecule has 1 amide bonds.